The first-order valence-electron chi connectivity index (χ1n) is 11.0. The smallest absolute Gasteiger partial charge is 0.244 e. The summed E-state index contributed by atoms with van der Waals surface area (Å²) >= 11 is 0. The van der Waals surface area contributed by atoms with Crippen molar-refractivity contribution in [3.05, 3.63) is 99.8 Å². The number of para-hydroxylation sites is 1. The molecule has 0 aliphatic rings. The van der Waals surface area contributed by atoms with E-state index in [9.17, 15) is 18.0 Å². The lowest BCUT2D eigenvalue weighted by Gasteiger charge is -2.14. The molecule has 0 radical (unpaired) electrons. The van der Waals surface area contributed by atoms with Crippen molar-refractivity contribution < 1.29 is 13.2 Å². The molecule has 0 unspecified atom stereocenters. The van der Waals surface area contributed by atoms with E-state index in [1.54, 1.807) is 36.4 Å². The number of carbonyl (C=O) groups excluding carboxylic acids is 1. The Bertz CT molecular complexity index is 1550. The highest BCUT2D eigenvalue weighted by Gasteiger charge is 2.24. The van der Waals surface area contributed by atoms with Crippen molar-refractivity contribution >= 4 is 32.3 Å². The van der Waals surface area contributed by atoms with E-state index in [0.29, 0.717) is 11.2 Å². The Kier molecular flexibility index (Phi) is 6.39. The molecule has 174 valence electrons. The van der Waals surface area contributed by atoms with Crippen LogP contribution in [0.15, 0.2) is 87.5 Å². The zero-order valence-corrected chi connectivity index (χ0v) is 20.1. The fraction of sp³-hybridized carbons (Fsp3) is 0.185. The monoisotopic (exact) mass is 474 g/mol. The lowest BCUT2D eigenvalue weighted by Crippen LogP contribution is -2.24. The summed E-state index contributed by atoms with van der Waals surface area (Å²) in [5, 5.41) is 3.08. The predicted octanol–water partition coefficient (Wildman–Crippen LogP) is 4.65. The van der Waals surface area contributed by atoms with Gasteiger partial charge in [0.25, 0.3) is 0 Å². The van der Waals surface area contributed by atoms with E-state index < -0.39 is 15.3 Å². The van der Waals surface area contributed by atoms with Gasteiger partial charge in [0.05, 0.1) is 10.4 Å². The maximum absolute atomic E-state index is 13.4. The van der Waals surface area contributed by atoms with E-state index in [-0.39, 0.29) is 27.6 Å². The van der Waals surface area contributed by atoms with Crippen LogP contribution in [0.2, 0.25) is 0 Å². The standard InChI is InChI=1S/C27H26N2O4S/c1-4-20-10-12-21(13-11-20)28-26(30)17-29-16-25(27(31)23-7-5-6-8-24(23)29)34(32,33)22-14-9-18(2)19(3)15-22/h5-16H,4,17H2,1-3H3,(H,28,30). The molecule has 1 N–H and O–H groups in total. The van der Waals surface area contributed by atoms with Crippen LogP contribution in [0, 0.1) is 13.8 Å². The quantitative estimate of drug-likeness (QED) is 0.441. The number of nitrogens with zero attached hydrogens (tertiary/aromatic N) is 1. The first-order chi connectivity index (χ1) is 16.2. The van der Waals surface area contributed by atoms with Crippen molar-refractivity contribution in [2.24, 2.45) is 0 Å². The summed E-state index contributed by atoms with van der Waals surface area (Å²) < 4.78 is 28.4. The highest BCUT2D eigenvalue weighted by Crippen LogP contribution is 2.23. The van der Waals surface area contributed by atoms with Crippen molar-refractivity contribution in [3.8, 4) is 0 Å². The molecule has 4 aromatic rings. The van der Waals surface area contributed by atoms with Gasteiger partial charge in [0.2, 0.25) is 21.2 Å². The normalized spacial score (nSPS) is 11.5. The molecule has 34 heavy (non-hydrogen) atoms. The van der Waals surface area contributed by atoms with Gasteiger partial charge in [-0.3, -0.25) is 9.59 Å². The molecule has 0 aliphatic carbocycles. The average molecular weight is 475 g/mol. The van der Waals surface area contributed by atoms with Crippen molar-refractivity contribution in [2.75, 3.05) is 5.32 Å². The minimum absolute atomic E-state index is 0.0509. The van der Waals surface area contributed by atoms with Gasteiger partial charge in [0, 0.05) is 17.3 Å². The molecule has 0 fully saturated rings. The van der Waals surface area contributed by atoms with Crippen LogP contribution < -0.4 is 10.7 Å². The Labute approximate surface area is 198 Å². The van der Waals surface area contributed by atoms with Gasteiger partial charge in [0.15, 0.2) is 0 Å². The lowest BCUT2D eigenvalue weighted by molar-refractivity contribution is -0.116. The third-order valence-corrected chi connectivity index (χ3v) is 7.74. The van der Waals surface area contributed by atoms with Crippen LogP contribution in [-0.4, -0.2) is 18.9 Å². The molecule has 3 aromatic carbocycles. The van der Waals surface area contributed by atoms with E-state index in [2.05, 4.69) is 12.2 Å². The fourth-order valence-corrected chi connectivity index (χ4v) is 5.28. The molecule has 0 aliphatic heterocycles. The number of anilines is 1. The van der Waals surface area contributed by atoms with Crippen molar-refractivity contribution in [1.29, 1.82) is 0 Å². The van der Waals surface area contributed by atoms with E-state index in [4.69, 9.17) is 0 Å². The third kappa shape index (κ3) is 4.52. The molecule has 7 heteroatoms. The maximum Gasteiger partial charge on any atom is 0.244 e. The van der Waals surface area contributed by atoms with Crippen LogP contribution in [0.1, 0.15) is 23.6 Å². The topological polar surface area (TPSA) is 85.2 Å². The molecule has 6 nitrogen and oxygen atoms in total. The van der Waals surface area contributed by atoms with Crippen molar-refractivity contribution in [2.45, 2.75) is 43.5 Å². The Morgan fingerprint density at radius 2 is 1.65 bits per heavy atom. The van der Waals surface area contributed by atoms with Crippen molar-refractivity contribution in [3.63, 3.8) is 0 Å². The second-order valence-electron chi connectivity index (χ2n) is 8.32. The summed E-state index contributed by atoms with van der Waals surface area (Å²) in [4.78, 5) is 25.7. The molecular weight excluding hydrogens is 448 g/mol. The highest BCUT2D eigenvalue weighted by molar-refractivity contribution is 7.91. The number of aromatic nitrogens is 1. The van der Waals surface area contributed by atoms with E-state index in [0.717, 1.165) is 23.1 Å². The first-order valence-corrected chi connectivity index (χ1v) is 12.5. The van der Waals surface area contributed by atoms with Crippen molar-refractivity contribution in [1.82, 2.24) is 4.57 Å². The van der Waals surface area contributed by atoms with Crippen LogP contribution in [0.3, 0.4) is 0 Å². The SMILES string of the molecule is CCc1ccc(NC(=O)Cn2cc(S(=O)(=O)c3ccc(C)c(C)c3)c(=O)c3ccccc32)cc1. The molecular formula is C27H26N2O4S. The van der Waals surface area contributed by atoms with E-state index in [1.165, 1.54) is 16.8 Å². The van der Waals surface area contributed by atoms with E-state index >= 15 is 0 Å². The summed E-state index contributed by atoms with van der Waals surface area (Å²) in [6.45, 7) is 5.62. The number of nitrogens with one attached hydrogen (secondary N) is 1. The summed E-state index contributed by atoms with van der Waals surface area (Å²) in [6.07, 6.45) is 2.17. The number of hydrogen-bond donors (Lipinski definition) is 1. The molecule has 0 bridgehead atoms. The highest BCUT2D eigenvalue weighted by atomic mass is 32.2. The Hall–Kier alpha value is -3.71. The molecule has 1 amide bonds. The van der Waals surface area contributed by atoms with Gasteiger partial charge in [0.1, 0.15) is 11.4 Å². The van der Waals surface area contributed by atoms with Gasteiger partial charge in [-0.05, 0) is 73.4 Å². The number of rotatable bonds is 6. The summed E-state index contributed by atoms with van der Waals surface area (Å²) in [5.74, 6) is -0.326. The number of aryl methyl sites for hydroxylation is 3. The number of carbonyl (C=O) groups is 1. The summed E-state index contributed by atoms with van der Waals surface area (Å²) in [7, 11) is -4.09. The van der Waals surface area contributed by atoms with Gasteiger partial charge in [-0.2, -0.15) is 0 Å². The second-order valence-corrected chi connectivity index (χ2v) is 10.2. The second kappa shape index (κ2) is 9.27. The minimum Gasteiger partial charge on any atom is -0.336 e. The largest absolute Gasteiger partial charge is 0.336 e. The molecule has 4 rings (SSSR count). The Morgan fingerprint density at radius 3 is 2.32 bits per heavy atom. The number of fused-ring (bicyclic) bond motifs is 1. The Balaban J connectivity index is 1.76. The molecule has 0 spiro atoms. The first kappa shape index (κ1) is 23.4. The van der Waals surface area contributed by atoms with Gasteiger partial charge >= 0.3 is 0 Å². The number of pyridine rings is 1. The fourth-order valence-electron chi connectivity index (χ4n) is 3.83. The van der Waals surface area contributed by atoms with Gasteiger partial charge in [-0.1, -0.05) is 37.3 Å². The van der Waals surface area contributed by atoms with Gasteiger partial charge in [-0.25, -0.2) is 8.42 Å². The molecule has 0 saturated heterocycles. The van der Waals surface area contributed by atoms with Crippen LogP contribution >= 0.6 is 0 Å². The zero-order chi connectivity index (χ0) is 24.5. The number of benzene rings is 3. The lowest BCUT2D eigenvalue weighted by atomic mass is 10.1. The third-order valence-electron chi connectivity index (χ3n) is 5.99. The maximum atomic E-state index is 13.4. The number of hydrogen-bond acceptors (Lipinski definition) is 4. The molecule has 0 saturated carbocycles. The van der Waals surface area contributed by atoms with Crippen LogP contribution in [0.4, 0.5) is 5.69 Å². The molecule has 0 atom stereocenters. The van der Waals surface area contributed by atoms with E-state index in [1.807, 2.05) is 38.1 Å². The average Bonchev–Trinajstić information content (AvgIpc) is 2.83. The zero-order valence-electron chi connectivity index (χ0n) is 19.3. The number of amides is 1. The van der Waals surface area contributed by atoms with Crippen LogP contribution in [0.5, 0.6) is 0 Å². The molecule has 1 heterocycles. The number of sulfone groups is 1. The predicted molar refractivity (Wildman–Crippen MR) is 134 cm³/mol. The van der Waals surface area contributed by atoms with Gasteiger partial charge < -0.3 is 9.88 Å². The molecule has 1 aromatic heterocycles. The summed E-state index contributed by atoms with van der Waals surface area (Å²) in [6, 6.07) is 19.0. The minimum atomic E-state index is -4.09. The van der Waals surface area contributed by atoms with Crippen LogP contribution in [0.25, 0.3) is 10.9 Å². The summed E-state index contributed by atoms with van der Waals surface area (Å²) in [5.41, 5.74) is 3.49. The van der Waals surface area contributed by atoms with Gasteiger partial charge in [-0.15, -0.1) is 0 Å². The Morgan fingerprint density at radius 1 is 0.941 bits per heavy atom. The van der Waals surface area contributed by atoms with Crippen LogP contribution in [-0.2, 0) is 27.6 Å².